The van der Waals surface area contributed by atoms with Gasteiger partial charge >= 0.3 is 0 Å². The standard InChI is InChI=1S/C12H16N4S2.ClH/c1-8-15-10(7-17-8)11-3-2-4-16(11)6-9-5-14-12(13)18-9;/h5,7,11H,2-4,6H2,1H3,(H2,13,14);1H. The molecule has 7 heteroatoms. The third-order valence-electron chi connectivity index (χ3n) is 3.27. The molecule has 0 radical (unpaired) electrons. The smallest absolute Gasteiger partial charge is 0.180 e. The highest BCUT2D eigenvalue weighted by atomic mass is 35.5. The zero-order valence-electron chi connectivity index (χ0n) is 10.7. The maximum absolute atomic E-state index is 5.68. The molecule has 1 atom stereocenters. The second-order valence-electron chi connectivity index (χ2n) is 4.58. The fourth-order valence-electron chi connectivity index (χ4n) is 2.48. The van der Waals surface area contributed by atoms with Gasteiger partial charge in [-0.3, -0.25) is 4.90 Å². The Labute approximate surface area is 127 Å². The lowest BCUT2D eigenvalue weighted by molar-refractivity contribution is 0.247. The first-order chi connectivity index (χ1) is 8.72. The molecule has 3 rings (SSSR count). The number of nitrogen functional groups attached to an aromatic ring is 1. The highest BCUT2D eigenvalue weighted by molar-refractivity contribution is 7.15. The summed E-state index contributed by atoms with van der Waals surface area (Å²) in [7, 11) is 0. The second kappa shape index (κ2) is 6.17. The van der Waals surface area contributed by atoms with Gasteiger partial charge in [-0.25, -0.2) is 9.97 Å². The minimum Gasteiger partial charge on any atom is -0.375 e. The van der Waals surface area contributed by atoms with Crippen molar-refractivity contribution in [3.8, 4) is 0 Å². The number of hydrogen-bond donors (Lipinski definition) is 1. The highest BCUT2D eigenvalue weighted by Crippen LogP contribution is 2.34. The summed E-state index contributed by atoms with van der Waals surface area (Å²) in [4.78, 5) is 12.5. The zero-order chi connectivity index (χ0) is 12.5. The van der Waals surface area contributed by atoms with Crippen molar-refractivity contribution in [1.29, 1.82) is 0 Å². The van der Waals surface area contributed by atoms with Crippen LogP contribution in [0, 0.1) is 6.92 Å². The van der Waals surface area contributed by atoms with E-state index < -0.39 is 0 Å². The number of likely N-dealkylation sites (tertiary alicyclic amines) is 1. The van der Waals surface area contributed by atoms with Gasteiger partial charge in [0.2, 0.25) is 0 Å². The van der Waals surface area contributed by atoms with Gasteiger partial charge in [0.15, 0.2) is 5.13 Å². The molecule has 0 aromatic carbocycles. The summed E-state index contributed by atoms with van der Waals surface area (Å²) in [5, 5.41) is 4.00. The molecule has 3 heterocycles. The molecule has 1 unspecified atom stereocenters. The van der Waals surface area contributed by atoms with Gasteiger partial charge < -0.3 is 5.73 Å². The maximum Gasteiger partial charge on any atom is 0.180 e. The SMILES string of the molecule is Cc1nc(C2CCCN2Cc2cnc(N)s2)cs1.Cl. The quantitative estimate of drug-likeness (QED) is 0.944. The van der Waals surface area contributed by atoms with E-state index in [4.69, 9.17) is 5.73 Å². The third kappa shape index (κ3) is 3.25. The zero-order valence-corrected chi connectivity index (χ0v) is 13.2. The largest absolute Gasteiger partial charge is 0.375 e. The predicted molar refractivity (Wildman–Crippen MR) is 83.0 cm³/mol. The minimum atomic E-state index is 0. The van der Waals surface area contributed by atoms with Crippen molar-refractivity contribution in [2.24, 2.45) is 0 Å². The topological polar surface area (TPSA) is 55.0 Å². The van der Waals surface area contributed by atoms with Crippen LogP contribution >= 0.6 is 35.1 Å². The number of halogens is 1. The van der Waals surface area contributed by atoms with Gasteiger partial charge in [0, 0.05) is 23.0 Å². The number of hydrogen-bond acceptors (Lipinski definition) is 6. The molecule has 2 aromatic heterocycles. The number of aromatic nitrogens is 2. The Morgan fingerprint density at radius 2 is 2.37 bits per heavy atom. The first-order valence-electron chi connectivity index (χ1n) is 6.08. The molecule has 2 aromatic rings. The molecule has 0 aliphatic carbocycles. The normalized spacial score (nSPS) is 19.5. The molecular weight excluding hydrogens is 300 g/mol. The second-order valence-corrected chi connectivity index (χ2v) is 6.79. The first kappa shape index (κ1) is 14.7. The number of thiazole rings is 2. The van der Waals surface area contributed by atoms with E-state index in [0.29, 0.717) is 11.2 Å². The average Bonchev–Trinajstić information content (AvgIpc) is 3.01. The summed E-state index contributed by atoms with van der Waals surface area (Å²) in [6, 6.07) is 0.471. The van der Waals surface area contributed by atoms with Crippen LogP contribution in [0.3, 0.4) is 0 Å². The Bertz CT molecular complexity index is 539. The van der Waals surface area contributed by atoms with E-state index in [1.807, 2.05) is 6.20 Å². The minimum absolute atomic E-state index is 0. The van der Waals surface area contributed by atoms with Crippen molar-refractivity contribution in [2.45, 2.75) is 32.4 Å². The van der Waals surface area contributed by atoms with E-state index in [1.54, 1.807) is 22.7 Å². The van der Waals surface area contributed by atoms with Crippen molar-refractivity contribution in [2.75, 3.05) is 12.3 Å². The van der Waals surface area contributed by atoms with Crippen LogP contribution in [0.25, 0.3) is 0 Å². The molecule has 4 nitrogen and oxygen atoms in total. The number of nitrogens with two attached hydrogens (primary N) is 1. The molecule has 1 saturated heterocycles. The fraction of sp³-hybridized carbons (Fsp3) is 0.500. The first-order valence-corrected chi connectivity index (χ1v) is 7.78. The highest BCUT2D eigenvalue weighted by Gasteiger charge is 2.28. The number of anilines is 1. The van der Waals surface area contributed by atoms with E-state index >= 15 is 0 Å². The Hall–Kier alpha value is -0.690. The maximum atomic E-state index is 5.68. The molecule has 1 fully saturated rings. The Kier molecular flexibility index (Phi) is 4.78. The molecule has 0 saturated carbocycles. The van der Waals surface area contributed by atoms with Gasteiger partial charge in [0.25, 0.3) is 0 Å². The molecular formula is C12H17ClN4S2. The molecule has 1 aliphatic heterocycles. The van der Waals surface area contributed by atoms with Crippen molar-refractivity contribution in [1.82, 2.24) is 14.9 Å². The van der Waals surface area contributed by atoms with Gasteiger partial charge in [-0.15, -0.1) is 35.1 Å². The molecule has 1 aliphatic rings. The molecule has 2 N–H and O–H groups in total. The van der Waals surface area contributed by atoms with Gasteiger partial charge in [0.05, 0.1) is 16.7 Å². The van der Waals surface area contributed by atoms with Crippen LogP contribution in [0.2, 0.25) is 0 Å². The summed E-state index contributed by atoms with van der Waals surface area (Å²) in [5.74, 6) is 0. The van der Waals surface area contributed by atoms with Gasteiger partial charge in [0.1, 0.15) is 0 Å². The van der Waals surface area contributed by atoms with Crippen LogP contribution in [0.4, 0.5) is 5.13 Å². The Balaban J connectivity index is 0.00000133. The number of aryl methyl sites for hydroxylation is 1. The van der Waals surface area contributed by atoms with Crippen LogP contribution in [0.15, 0.2) is 11.6 Å². The lowest BCUT2D eigenvalue weighted by atomic mass is 10.1. The average molecular weight is 317 g/mol. The monoisotopic (exact) mass is 316 g/mol. The van der Waals surface area contributed by atoms with E-state index in [-0.39, 0.29) is 12.4 Å². The van der Waals surface area contributed by atoms with Crippen LogP contribution in [-0.4, -0.2) is 21.4 Å². The summed E-state index contributed by atoms with van der Waals surface area (Å²) in [6.07, 6.45) is 4.34. The summed E-state index contributed by atoms with van der Waals surface area (Å²) < 4.78 is 0. The van der Waals surface area contributed by atoms with Crippen LogP contribution in [0.1, 0.15) is 34.5 Å². The molecule has 104 valence electrons. The van der Waals surface area contributed by atoms with E-state index in [0.717, 1.165) is 18.1 Å². The van der Waals surface area contributed by atoms with Crippen LogP contribution in [-0.2, 0) is 6.54 Å². The Morgan fingerprint density at radius 1 is 1.53 bits per heavy atom. The summed E-state index contributed by atoms with van der Waals surface area (Å²) in [6.45, 7) is 4.15. The van der Waals surface area contributed by atoms with Crippen LogP contribution in [0.5, 0.6) is 0 Å². The van der Waals surface area contributed by atoms with E-state index in [2.05, 4.69) is 27.2 Å². The van der Waals surface area contributed by atoms with Gasteiger partial charge in [-0.1, -0.05) is 0 Å². The lowest BCUT2D eigenvalue weighted by Gasteiger charge is -2.22. The number of nitrogens with zero attached hydrogens (tertiary/aromatic N) is 3. The van der Waals surface area contributed by atoms with E-state index in [9.17, 15) is 0 Å². The van der Waals surface area contributed by atoms with Crippen molar-refractivity contribution < 1.29 is 0 Å². The molecule has 0 spiro atoms. The fourth-order valence-corrected chi connectivity index (χ4v) is 3.85. The predicted octanol–water partition coefficient (Wildman–Crippen LogP) is 3.25. The van der Waals surface area contributed by atoms with Crippen LogP contribution < -0.4 is 5.73 Å². The van der Waals surface area contributed by atoms with Gasteiger partial charge in [-0.05, 0) is 26.3 Å². The molecule has 0 amide bonds. The van der Waals surface area contributed by atoms with Crippen molar-refractivity contribution in [3.05, 3.63) is 27.2 Å². The van der Waals surface area contributed by atoms with Gasteiger partial charge in [-0.2, -0.15) is 0 Å². The lowest BCUT2D eigenvalue weighted by Crippen LogP contribution is -2.22. The summed E-state index contributed by atoms with van der Waals surface area (Å²) >= 11 is 3.32. The molecule has 0 bridgehead atoms. The number of rotatable bonds is 3. The summed E-state index contributed by atoms with van der Waals surface area (Å²) in [5.41, 5.74) is 6.91. The molecule has 19 heavy (non-hydrogen) atoms. The Morgan fingerprint density at radius 3 is 3.00 bits per heavy atom. The van der Waals surface area contributed by atoms with E-state index in [1.165, 1.54) is 23.4 Å². The van der Waals surface area contributed by atoms with Crippen molar-refractivity contribution in [3.63, 3.8) is 0 Å². The van der Waals surface area contributed by atoms with Crippen molar-refractivity contribution >= 4 is 40.2 Å². The third-order valence-corrected chi connectivity index (χ3v) is 4.88.